The summed E-state index contributed by atoms with van der Waals surface area (Å²) in [5.41, 5.74) is 1.49. The second-order valence-corrected chi connectivity index (χ2v) is 8.31. The number of amides is 1. The molecule has 2 aromatic carbocycles. The highest BCUT2D eigenvalue weighted by Crippen LogP contribution is 2.37. The van der Waals surface area contributed by atoms with Gasteiger partial charge in [-0.2, -0.15) is 0 Å². The second kappa shape index (κ2) is 7.61. The van der Waals surface area contributed by atoms with Crippen LogP contribution in [0.5, 0.6) is 5.75 Å². The first kappa shape index (κ1) is 20.4. The third kappa shape index (κ3) is 4.08. The van der Waals surface area contributed by atoms with Gasteiger partial charge in [-0.15, -0.1) is 0 Å². The molecule has 0 aliphatic carbocycles. The van der Waals surface area contributed by atoms with Crippen LogP contribution in [0.1, 0.15) is 43.6 Å². The maximum Gasteiger partial charge on any atom is 0.498 e. The van der Waals surface area contributed by atoms with Crippen molar-refractivity contribution in [1.29, 1.82) is 0 Å². The van der Waals surface area contributed by atoms with Gasteiger partial charge in [0, 0.05) is 25.1 Å². The van der Waals surface area contributed by atoms with E-state index in [0.717, 1.165) is 11.0 Å². The summed E-state index contributed by atoms with van der Waals surface area (Å²) in [5.74, 6) is 0.514. The minimum Gasteiger partial charge on any atom is -0.489 e. The fourth-order valence-corrected chi connectivity index (χ4v) is 2.95. The fourth-order valence-electron chi connectivity index (χ4n) is 2.95. The molecule has 5 nitrogen and oxygen atoms in total. The van der Waals surface area contributed by atoms with Crippen molar-refractivity contribution in [1.82, 2.24) is 4.90 Å². The molecule has 1 aliphatic rings. The Morgan fingerprint density at radius 3 is 2.18 bits per heavy atom. The molecule has 148 valence electrons. The van der Waals surface area contributed by atoms with Gasteiger partial charge >= 0.3 is 7.12 Å². The molecule has 2 aromatic rings. The van der Waals surface area contributed by atoms with E-state index >= 15 is 0 Å². The third-order valence-electron chi connectivity index (χ3n) is 5.41. The SMILES string of the molecule is CN(C)C(=O)c1ccc(B2OC(C)(C)C(C)(C)O2)c(OCc2ccccc2)c1. The van der Waals surface area contributed by atoms with E-state index in [2.05, 4.69) is 0 Å². The topological polar surface area (TPSA) is 48.0 Å². The van der Waals surface area contributed by atoms with Gasteiger partial charge in [0.25, 0.3) is 5.91 Å². The number of nitrogens with zero attached hydrogens (tertiary/aromatic N) is 1. The van der Waals surface area contributed by atoms with Crippen LogP contribution in [0, 0.1) is 0 Å². The van der Waals surface area contributed by atoms with Crippen molar-refractivity contribution >= 4 is 18.5 Å². The predicted octanol–water partition coefficient (Wildman–Crippen LogP) is 3.27. The Bertz CT molecular complexity index is 833. The van der Waals surface area contributed by atoms with Gasteiger partial charge in [0.2, 0.25) is 0 Å². The minimum atomic E-state index is -0.556. The average Bonchev–Trinajstić information content (AvgIpc) is 2.87. The summed E-state index contributed by atoms with van der Waals surface area (Å²) in [6.45, 7) is 8.46. The summed E-state index contributed by atoms with van der Waals surface area (Å²) in [6.07, 6.45) is 0. The summed E-state index contributed by atoms with van der Waals surface area (Å²) in [4.78, 5) is 14.0. The number of rotatable bonds is 5. The lowest BCUT2D eigenvalue weighted by Crippen LogP contribution is -2.41. The van der Waals surface area contributed by atoms with E-state index in [1.165, 1.54) is 0 Å². The number of ether oxygens (including phenoxy) is 1. The van der Waals surface area contributed by atoms with Crippen LogP contribution in [0.15, 0.2) is 48.5 Å². The summed E-state index contributed by atoms with van der Waals surface area (Å²) >= 11 is 0. The molecule has 3 rings (SSSR count). The van der Waals surface area contributed by atoms with Crippen molar-refractivity contribution in [3.05, 3.63) is 59.7 Å². The molecule has 1 aliphatic heterocycles. The maximum atomic E-state index is 12.4. The Morgan fingerprint density at radius 1 is 1.00 bits per heavy atom. The van der Waals surface area contributed by atoms with E-state index in [4.69, 9.17) is 14.0 Å². The lowest BCUT2D eigenvalue weighted by molar-refractivity contribution is 0.00578. The molecule has 28 heavy (non-hydrogen) atoms. The molecular formula is C22H28BNO4. The van der Waals surface area contributed by atoms with Gasteiger partial charge in [0.1, 0.15) is 12.4 Å². The summed E-state index contributed by atoms with van der Waals surface area (Å²) in [6, 6.07) is 15.3. The molecule has 6 heteroatoms. The maximum absolute atomic E-state index is 12.4. The first-order chi connectivity index (χ1) is 13.1. The summed E-state index contributed by atoms with van der Waals surface area (Å²) in [5, 5.41) is 0. The molecule has 0 N–H and O–H groups in total. The molecule has 1 heterocycles. The van der Waals surface area contributed by atoms with Gasteiger partial charge in [-0.05, 0) is 45.4 Å². The summed E-state index contributed by atoms with van der Waals surface area (Å²) in [7, 11) is 2.91. The van der Waals surface area contributed by atoms with Crippen molar-refractivity contribution < 1.29 is 18.8 Å². The number of carbonyl (C=O) groups is 1. The van der Waals surface area contributed by atoms with E-state index in [1.807, 2.05) is 64.1 Å². The Kier molecular flexibility index (Phi) is 5.55. The molecule has 0 bridgehead atoms. The van der Waals surface area contributed by atoms with Crippen molar-refractivity contribution in [3.63, 3.8) is 0 Å². The Balaban J connectivity index is 1.93. The minimum absolute atomic E-state index is 0.0787. The van der Waals surface area contributed by atoms with E-state index in [-0.39, 0.29) is 5.91 Å². The molecule has 0 aromatic heterocycles. The van der Waals surface area contributed by atoms with Crippen LogP contribution in [-0.4, -0.2) is 43.2 Å². The predicted molar refractivity (Wildman–Crippen MR) is 111 cm³/mol. The van der Waals surface area contributed by atoms with Gasteiger partial charge in [0.05, 0.1) is 11.2 Å². The van der Waals surface area contributed by atoms with Gasteiger partial charge < -0.3 is 18.9 Å². The largest absolute Gasteiger partial charge is 0.498 e. The Hall–Kier alpha value is -2.31. The van der Waals surface area contributed by atoms with E-state index in [0.29, 0.717) is 17.9 Å². The summed E-state index contributed by atoms with van der Waals surface area (Å²) < 4.78 is 18.5. The van der Waals surface area contributed by atoms with E-state index in [1.54, 1.807) is 31.1 Å². The third-order valence-corrected chi connectivity index (χ3v) is 5.41. The van der Waals surface area contributed by atoms with Crippen LogP contribution >= 0.6 is 0 Å². The first-order valence-electron chi connectivity index (χ1n) is 9.49. The molecule has 1 amide bonds. The highest BCUT2D eigenvalue weighted by molar-refractivity contribution is 6.63. The Morgan fingerprint density at radius 2 is 1.61 bits per heavy atom. The first-order valence-corrected chi connectivity index (χ1v) is 9.49. The van der Waals surface area contributed by atoms with Crippen molar-refractivity contribution in [2.75, 3.05) is 14.1 Å². The smallest absolute Gasteiger partial charge is 0.489 e. The molecule has 0 atom stereocenters. The lowest BCUT2D eigenvalue weighted by atomic mass is 9.78. The van der Waals surface area contributed by atoms with Crippen molar-refractivity contribution in [2.45, 2.75) is 45.5 Å². The van der Waals surface area contributed by atoms with Crippen LogP contribution in [0.4, 0.5) is 0 Å². The quantitative estimate of drug-likeness (QED) is 0.746. The van der Waals surface area contributed by atoms with Crippen molar-refractivity contribution in [2.24, 2.45) is 0 Å². The number of carbonyl (C=O) groups excluding carboxylic acids is 1. The van der Waals surface area contributed by atoms with Crippen LogP contribution in [0.3, 0.4) is 0 Å². The number of hydrogen-bond donors (Lipinski definition) is 0. The molecule has 0 unspecified atom stereocenters. The molecule has 0 spiro atoms. The van der Waals surface area contributed by atoms with Crippen LogP contribution < -0.4 is 10.2 Å². The van der Waals surface area contributed by atoms with Crippen LogP contribution in [0.2, 0.25) is 0 Å². The molecular weight excluding hydrogens is 353 g/mol. The average molecular weight is 381 g/mol. The van der Waals surface area contributed by atoms with Crippen LogP contribution in [0.25, 0.3) is 0 Å². The number of hydrogen-bond acceptors (Lipinski definition) is 4. The van der Waals surface area contributed by atoms with E-state index in [9.17, 15) is 4.79 Å². The van der Waals surface area contributed by atoms with Crippen LogP contribution in [-0.2, 0) is 15.9 Å². The molecule has 0 radical (unpaired) electrons. The second-order valence-electron chi connectivity index (χ2n) is 8.31. The van der Waals surface area contributed by atoms with Gasteiger partial charge in [0.15, 0.2) is 0 Å². The zero-order valence-electron chi connectivity index (χ0n) is 17.5. The monoisotopic (exact) mass is 381 g/mol. The highest BCUT2D eigenvalue weighted by Gasteiger charge is 2.52. The molecule has 1 fully saturated rings. The number of benzene rings is 2. The zero-order chi connectivity index (χ0) is 20.5. The standard InChI is InChI=1S/C22H28BNO4/c1-21(2)22(3,4)28-23(27-21)18-13-12-17(20(25)24(5)6)14-19(18)26-15-16-10-8-7-9-11-16/h7-14H,15H2,1-6H3. The molecule has 0 saturated carbocycles. The fraction of sp³-hybridized carbons (Fsp3) is 0.409. The highest BCUT2D eigenvalue weighted by atomic mass is 16.7. The van der Waals surface area contributed by atoms with Gasteiger partial charge in [-0.1, -0.05) is 36.4 Å². The van der Waals surface area contributed by atoms with Crippen molar-refractivity contribution in [3.8, 4) is 5.75 Å². The zero-order valence-corrected chi connectivity index (χ0v) is 17.5. The van der Waals surface area contributed by atoms with Gasteiger partial charge in [-0.25, -0.2) is 0 Å². The lowest BCUT2D eigenvalue weighted by Gasteiger charge is -2.32. The molecule has 1 saturated heterocycles. The van der Waals surface area contributed by atoms with Gasteiger partial charge in [-0.3, -0.25) is 4.79 Å². The normalized spacial score (nSPS) is 17.4. The van der Waals surface area contributed by atoms with E-state index < -0.39 is 18.3 Å². The Labute approximate surface area is 167 Å².